The quantitative estimate of drug-likeness (QED) is 0.405. The summed E-state index contributed by atoms with van der Waals surface area (Å²) in [5.41, 5.74) is 5.01. The molecule has 2 aromatic heterocycles. The van der Waals surface area contributed by atoms with Crippen LogP contribution in [-0.2, 0) is 16.4 Å². The molecule has 8 heteroatoms. The lowest BCUT2D eigenvalue weighted by Gasteiger charge is -2.10. The summed E-state index contributed by atoms with van der Waals surface area (Å²) in [6, 6.07) is 19.8. The number of hydrogen-bond donors (Lipinski definition) is 1. The van der Waals surface area contributed by atoms with Gasteiger partial charge in [-0.2, -0.15) is 0 Å². The van der Waals surface area contributed by atoms with Gasteiger partial charge in [0.05, 0.1) is 22.8 Å². The Bertz CT molecular complexity index is 1470. The molecule has 4 rings (SSSR count). The first kappa shape index (κ1) is 23.6. The summed E-state index contributed by atoms with van der Waals surface area (Å²) in [6.07, 6.45) is 4.53. The number of rotatable bonds is 6. The fourth-order valence-corrected chi connectivity index (χ4v) is 4.80. The number of nitrogens with one attached hydrogen (secondary N) is 1. The topological polar surface area (TPSA) is 89.0 Å². The maximum atomic E-state index is 12.6. The van der Waals surface area contributed by atoms with Crippen molar-refractivity contribution in [2.24, 2.45) is 0 Å². The van der Waals surface area contributed by atoms with Gasteiger partial charge in [0.15, 0.2) is 9.84 Å². The van der Waals surface area contributed by atoms with Crippen molar-refractivity contribution in [3.05, 3.63) is 101 Å². The van der Waals surface area contributed by atoms with E-state index >= 15 is 0 Å². The van der Waals surface area contributed by atoms with Crippen LogP contribution in [0.1, 0.15) is 21.6 Å². The lowest BCUT2D eigenvalue weighted by molar-refractivity contribution is 0.0950. The van der Waals surface area contributed by atoms with E-state index in [0.717, 1.165) is 28.6 Å². The Kier molecular flexibility index (Phi) is 6.77. The average Bonchev–Trinajstić information content (AvgIpc) is 2.83. The minimum atomic E-state index is -3.43. The van der Waals surface area contributed by atoms with Gasteiger partial charge >= 0.3 is 0 Å². The minimum Gasteiger partial charge on any atom is -0.346 e. The van der Waals surface area contributed by atoms with Crippen molar-refractivity contribution in [3.63, 3.8) is 0 Å². The number of hydrogen-bond acceptors (Lipinski definition) is 5. The summed E-state index contributed by atoms with van der Waals surface area (Å²) in [7, 11) is -3.43. The Balaban J connectivity index is 1.54. The summed E-state index contributed by atoms with van der Waals surface area (Å²) in [6.45, 7) is 1.89. The van der Waals surface area contributed by atoms with E-state index in [2.05, 4.69) is 15.3 Å². The molecule has 1 N–H and O–H groups in total. The van der Waals surface area contributed by atoms with Gasteiger partial charge in [-0.15, -0.1) is 0 Å². The van der Waals surface area contributed by atoms with Gasteiger partial charge in [-0.1, -0.05) is 29.8 Å². The molecular weight excluding hydrogens is 470 g/mol. The van der Waals surface area contributed by atoms with Gasteiger partial charge in [-0.05, 0) is 72.1 Å². The molecule has 4 aromatic rings. The molecule has 1 amide bonds. The number of nitrogens with zero attached hydrogens (tertiary/aromatic N) is 2. The summed E-state index contributed by atoms with van der Waals surface area (Å²) < 4.78 is 23.9. The van der Waals surface area contributed by atoms with Gasteiger partial charge in [-0.3, -0.25) is 14.8 Å². The van der Waals surface area contributed by atoms with E-state index in [1.807, 2.05) is 48.5 Å². The molecule has 0 atom stereocenters. The maximum Gasteiger partial charge on any atom is 0.251 e. The van der Waals surface area contributed by atoms with Crippen molar-refractivity contribution in [2.75, 3.05) is 6.26 Å². The molecule has 0 aliphatic carbocycles. The Morgan fingerprint density at radius 1 is 0.941 bits per heavy atom. The van der Waals surface area contributed by atoms with Crippen LogP contribution in [0.3, 0.4) is 0 Å². The second-order valence-corrected chi connectivity index (χ2v) is 10.3. The molecular formula is C26H22ClN3O3S. The fourth-order valence-electron chi connectivity index (χ4n) is 3.59. The standard InChI is InChI=1S/C26H22ClN3O3S/c1-17-6-7-20(15-25(17)34(2,32)33)26(31)30-16-21-13-19(10-12-28-21)18-8-9-23(27)22(14-18)24-5-3-4-11-29-24/h3-15H,16H2,1-2H3,(H,30,31). The zero-order valence-corrected chi connectivity index (χ0v) is 20.2. The molecule has 2 aromatic carbocycles. The third-order valence-corrected chi connectivity index (χ3v) is 6.91. The number of aryl methyl sites for hydroxylation is 1. The van der Waals surface area contributed by atoms with Gasteiger partial charge in [0, 0.05) is 34.8 Å². The number of pyridine rings is 2. The zero-order chi connectivity index (χ0) is 24.3. The van der Waals surface area contributed by atoms with E-state index in [-0.39, 0.29) is 22.9 Å². The molecule has 34 heavy (non-hydrogen) atoms. The van der Waals surface area contributed by atoms with Crippen molar-refractivity contribution < 1.29 is 13.2 Å². The third-order valence-electron chi connectivity index (χ3n) is 5.34. The number of carbonyl (C=O) groups excluding carboxylic acids is 1. The van der Waals surface area contributed by atoms with Crippen LogP contribution < -0.4 is 5.32 Å². The molecule has 2 heterocycles. The Morgan fingerprint density at radius 2 is 1.74 bits per heavy atom. The van der Waals surface area contributed by atoms with Crippen molar-refractivity contribution in [3.8, 4) is 22.4 Å². The van der Waals surface area contributed by atoms with Gasteiger partial charge < -0.3 is 5.32 Å². The highest BCUT2D eigenvalue weighted by Gasteiger charge is 2.15. The first-order valence-corrected chi connectivity index (χ1v) is 12.7. The van der Waals surface area contributed by atoms with Crippen LogP contribution in [0, 0.1) is 6.92 Å². The summed E-state index contributed by atoms with van der Waals surface area (Å²) in [5.74, 6) is -0.374. The Labute approximate surface area is 203 Å². The highest BCUT2D eigenvalue weighted by atomic mass is 35.5. The van der Waals surface area contributed by atoms with Gasteiger partial charge in [0.1, 0.15) is 0 Å². The molecule has 0 saturated heterocycles. The Morgan fingerprint density at radius 3 is 2.47 bits per heavy atom. The van der Waals surface area contributed by atoms with E-state index in [1.165, 1.54) is 6.07 Å². The molecule has 0 aliphatic rings. The van der Waals surface area contributed by atoms with Crippen LogP contribution in [-0.4, -0.2) is 30.5 Å². The molecule has 0 aliphatic heterocycles. The highest BCUT2D eigenvalue weighted by Crippen LogP contribution is 2.31. The van der Waals surface area contributed by atoms with Crippen molar-refractivity contribution >= 4 is 27.3 Å². The van der Waals surface area contributed by atoms with Crippen LogP contribution in [0.15, 0.2) is 84.0 Å². The minimum absolute atomic E-state index is 0.145. The van der Waals surface area contributed by atoms with Crippen LogP contribution in [0.25, 0.3) is 22.4 Å². The second-order valence-electron chi connectivity index (χ2n) is 7.88. The number of amides is 1. The van der Waals surface area contributed by atoms with E-state index < -0.39 is 9.84 Å². The molecule has 0 unspecified atom stereocenters. The monoisotopic (exact) mass is 491 g/mol. The first-order chi connectivity index (χ1) is 16.2. The number of aromatic nitrogens is 2. The molecule has 172 valence electrons. The van der Waals surface area contributed by atoms with Crippen LogP contribution in [0.4, 0.5) is 0 Å². The smallest absolute Gasteiger partial charge is 0.251 e. The van der Waals surface area contributed by atoms with E-state index in [0.29, 0.717) is 16.3 Å². The third kappa shape index (κ3) is 5.32. The van der Waals surface area contributed by atoms with Gasteiger partial charge in [0.25, 0.3) is 5.91 Å². The van der Waals surface area contributed by atoms with Crippen LogP contribution >= 0.6 is 11.6 Å². The highest BCUT2D eigenvalue weighted by molar-refractivity contribution is 7.90. The summed E-state index contributed by atoms with van der Waals surface area (Å²) in [5, 5.41) is 3.42. The lowest BCUT2D eigenvalue weighted by atomic mass is 10.0. The molecule has 0 radical (unpaired) electrons. The van der Waals surface area contributed by atoms with Crippen molar-refractivity contribution in [1.29, 1.82) is 0 Å². The Hall–Kier alpha value is -3.55. The van der Waals surface area contributed by atoms with Gasteiger partial charge in [0.2, 0.25) is 0 Å². The average molecular weight is 492 g/mol. The van der Waals surface area contributed by atoms with Crippen molar-refractivity contribution in [2.45, 2.75) is 18.4 Å². The van der Waals surface area contributed by atoms with Crippen molar-refractivity contribution in [1.82, 2.24) is 15.3 Å². The van der Waals surface area contributed by atoms with E-state index in [4.69, 9.17) is 11.6 Å². The first-order valence-electron chi connectivity index (χ1n) is 10.5. The molecule has 0 spiro atoms. The number of sulfone groups is 1. The lowest BCUT2D eigenvalue weighted by Crippen LogP contribution is -2.23. The molecule has 6 nitrogen and oxygen atoms in total. The zero-order valence-electron chi connectivity index (χ0n) is 18.6. The second kappa shape index (κ2) is 9.75. The maximum absolute atomic E-state index is 12.6. The summed E-state index contributed by atoms with van der Waals surface area (Å²) >= 11 is 6.40. The molecule has 0 fully saturated rings. The van der Waals surface area contributed by atoms with Crippen LogP contribution in [0.5, 0.6) is 0 Å². The predicted molar refractivity (Wildman–Crippen MR) is 133 cm³/mol. The largest absolute Gasteiger partial charge is 0.346 e. The SMILES string of the molecule is Cc1ccc(C(=O)NCc2cc(-c3ccc(Cl)c(-c4ccccn4)c3)ccn2)cc1S(C)(=O)=O. The normalized spacial score (nSPS) is 11.3. The number of carbonyl (C=O) groups is 1. The van der Waals surface area contributed by atoms with Gasteiger partial charge in [-0.25, -0.2) is 8.42 Å². The number of benzene rings is 2. The summed E-state index contributed by atoms with van der Waals surface area (Å²) in [4.78, 5) is 21.5. The van der Waals surface area contributed by atoms with Crippen LogP contribution in [0.2, 0.25) is 5.02 Å². The molecule has 0 saturated carbocycles. The van der Waals surface area contributed by atoms with E-state index in [9.17, 15) is 13.2 Å². The molecule has 0 bridgehead atoms. The fraction of sp³-hybridized carbons (Fsp3) is 0.115. The number of halogens is 1. The predicted octanol–water partition coefficient (Wildman–Crippen LogP) is 5.11. The van der Waals surface area contributed by atoms with E-state index in [1.54, 1.807) is 31.5 Å².